The van der Waals surface area contributed by atoms with Crippen molar-refractivity contribution in [3.63, 3.8) is 0 Å². The van der Waals surface area contributed by atoms with Gasteiger partial charge in [0.25, 0.3) is 10.0 Å². The number of ether oxygens (including phenoxy) is 1. The Hall–Kier alpha value is -2.13. The summed E-state index contributed by atoms with van der Waals surface area (Å²) in [7, 11) is -4.14. The normalized spacial score (nSPS) is 19.6. The smallest absolute Gasteiger partial charge is 0.334 e. The number of urea groups is 1. The summed E-state index contributed by atoms with van der Waals surface area (Å²) in [5.74, 6) is -0.515. The van der Waals surface area contributed by atoms with Crippen LogP contribution in [0.15, 0.2) is 29.2 Å². The molecule has 0 aromatic heterocycles. The lowest BCUT2D eigenvalue weighted by Gasteiger charge is -2.27. The van der Waals surface area contributed by atoms with E-state index in [9.17, 15) is 18.0 Å². The summed E-state index contributed by atoms with van der Waals surface area (Å²) in [6.07, 6.45) is 3.41. The van der Waals surface area contributed by atoms with Crippen LogP contribution in [0.4, 0.5) is 4.79 Å². The number of carbonyl (C=O) groups excluding carboxylic acids is 2. The third kappa shape index (κ3) is 4.82. The van der Waals surface area contributed by atoms with Gasteiger partial charge in [-0.05, 0) is 44.7 Å². The maximum atomic E-state index is 13.1. The average molecular weight is 410 g/mol. The topological polar surface area (TPSA) is 96.0 Å². The SMILES string of the molecule is Cc1ccc(S(=O)(=O)N(CC(=O)NCC2CCCO2)C(=O)N2CCCC2)cc1. The van der Waals surface area contributed by atoms with Crippen molar-refractivity contribution in [3.05, 3.63) is 29.8 Å². The van der Waals surface area contributed by atoms with Gasteiger partial charge in [0.2, 0.25) is 5.91 Å². The first-order valence-corrected chi connectivity index (χ1v) is 11.1. The Morgan fingerprint density at radius 3 is 2.46 bits per heavy atom. The van der Waals surface area contributed by atoms with Crippen molar-refractivity contribution in [1.29, 1.82) is 0 Å². The first kappa shape index (κ1) is 20.6. The van der Waals surface area contributed by atoms with Crippen LogP contribution in [-0.4, -0.2) is 68.5 Å². The number of nitrogens with one attached hydrogen (secondary N) is 1. The number of benzene rings is 1. The molecule has 0 spiro atoms. The highest BCUT2D eigenvalue weighted by Gasteiger charge is 2.35. The summed E-state index contributed by atoms with van der Waals surface area (Å²) in [5.41, 5.74) is 0.908. The molecular formula is C19H27N3O5S. The zero-order chi connectivity index (χ0) is 20.1. The average Bonchev–Trinajstić information content (AvgIpc) is 3.38. The Morgan fingerprint density at radius 1 is 1.18 bits per heavy atom. The lowest BCUT2D eigenvalue weighted by molar-refractivity contribution is -0.121. The van der Waals surface area contributed by atoms with Crippen molar-refractivity contribution in [1.82, 2.24) is 14.5 Å². The van der Waals surface area contributed by atoms with Crippen LogP contribution < -0.4 is 5.32 Å². The van der Waals surface area contributed by atoms with Gasteiger partial charge in [-0.15, -0.1) is 0 Å². The summed E-state index contributed by atoms with van der Waals surface area (Å²) < 4.78 is 32.4. The van der Waals surface area contributed by atoms with Gasteiger partial charge in [0, 0.05) is 26.2 Å². The summed E-state index contributed by atoms with van der Waals surface area (Å²) >= 11 is 0. The van der Waals surface area contributed by atoms with Crippen LogP contribution in [0, 0.1) is 6.92 Å². The fraction of sp³-hybridized carbons (Fsp3) is 0.579. The van der Waals surface area contributed by atoms with Gasteiger partial charge in [-0.1, -0.05) is 17.7 Å². The molecule has 1 aromatic rings. The van der Waals surface area contributed by atoms with E-state index in [0.717, 1.165) is 31.2 Å². The molecule has 1 atom stereocenters. The van der Waals surface area contributed by atoms with Gasteiger partial charge in [0.15, 0.2) is 0 Å². The summed E-state index contributed by atoms with van der Waals surface area (Å²) in [6, 6.07) is 5.61. The van der Waals surface area contributed by atoms with Crippen molar-refractivity contribution < 1.29 is 22.7 Å². The minimum atomic E-state index is -4.14. The number of hydrogen-bond donors (Lipinski definition) is 1. The number of sulfonamides is 1. The first-order valence-electron chi connectivity index (χ1n) is 9.64. The van der Waals surface area contributed by atoms with Gasteiger partial charge in [0.1, 0.15) is 6.54 Å². The lowest BCUT2D eigenvalue weighted by Crippen LogP contribution is -2.49. The maximum Gasteiger partial charge on any atom is 0.334 e. The second-order valence-corrected chi connectivity index (χ2v) is 9.10. The minimum Gasteiger partial charge on any atom is -0.376 e. The Bertz CT molecular complexity index is 797. The Labute approximate surface area is 165 Å². The van der Waals surface area contributed by atoms with Crippen molar-refractivity contribution >= 4 is 22.0 Å². The van der Waals surface area contributed by atoms with E-state index < -0.39 is 28.5 Å². The fourth-order valence-electron chi connectivity index (χ4n) is 3.38. The highest BCUT2D eigenvalue weighted by Crippen LogP contribution is 2.20. The molecule has 8 nitrogen and oxygen atoms in total. The fourth-order valence-corrected chi connectivity index (χ4v) is 4.72. The molecule has 28 heavy (non-hydrogen) atoms. The summed E-state index contributed by atoms with van der Waals surface area (Å²) in [4.78, 5) is 26.8. The van der Waals surface area contributed by atoms with E-state index in [1.165, 1.54) is 17.0 Å². The molecule has 154 valence electrons. The quantitative estimate of drug-likeness (QED) is 0.768. The van der Waals surface area contributed by atoms with E-state index in [1.54, 1.807) is 12.1 Å². The van der Waals surface area contributed by atoms with Gasteiger partial charge >= 0.3 is 6.03 Å². The number of hydrogen-bond acceptors (Lipinski definition) is 5. The molecule has 0 aliphatic carbocycles. The molecule has 2 saturated heterocycles. The lowest BCUT2D eigenvalue weighted by atomic mass is 10.2. The highest BCUT2D eigenvalue weighted by molar-refractivity contribution is 7.89. The van der Waals surface area contributed by atoms with Crippen LogP contribution in [0.2, 0.25) is 0 Å². The van der Waals surface area contributed by atoms with Crippen molar-refractivity contribution in [2.45, 2.75) is 43.6 Å². The Kier molecular flexibility index (Phi) is 6.56. The largest absolute Gasteiger partial charge is 0.376 e. The standard InChI is InChI=1S/C19H27N3O5S/c1-15-6-8-17(9-7-15)28(25,26)22(19(24)21-10-2-3-11-21)14-18(23)20-13-16-5-4-12-27-16/h6-9,16H,2-5,10-14H2,1H3,(H,20,23). The molecule has 0 bridgehead atoms. The zero-order valence-electron chi connectivity index (χ0n) is 16.1. The Morgan fingerprint density at radius 2 is 1.86 bits per heavy atom. The molecule has 2 fully saturated rings. The van der Waals surface area contributed by atoms with E-state index in [0.29, 0.717) is 30.5 Å². The van der Waals surface area contributed by atoms with Gasteiger partial charge in [-0.3, -0.25) is 4.79 Å². The van der Waals surface area contributed by atoms with E-state index in [1.807, 2.05) is 6.92 Å². The van der Waals surface area contributed by atoms with Gasteiger partial charge in [-0.25, -0.2) is 17.5 Å². The zero-order valence-corrected chi connectivity index (χ0v) is 16.9. The summed E-state index contributed by atoms with van der Waals surface area (Å²) in [5, 5.41) is 2.69. The van der Waals surface area contributed by atoms with Gasteiger partial charge < -0.3 is 15.0 Å². The predicted octanol–water partition coefficient (Wildman–Crippen LogP) is 1.50. The van der Waals surface area contributed by atoms with Crippen LogP contribution in [0.5, 0.6) is 0 Å². The molecule has 3 amide bonds. The second-order valence-electron chi connectivity index (χ2n) is 7.24. The second kappa shape index (κ2) is 8.91. The maximum absolute atomic E-state index is 13.1. The molecule has 1 N–H and O–H groups in total. The number of rotatable bonds is 6. The van der Waals surface area contributed by atoms with Crippen molar-refractivity contribution in [3.8, 4) is 0 Å². The van der Waals surface area contributed by atoms with E-state index >= 15 is 0 Å². The van der Waals surface area contributed by atoms with Crippen LogP contribution in [0.25, 0.3) is 0 Å². The molecule has 1 unspecified atom stereocenters. The first-order chi connectivity index (χ1) is 13.4. The third-order valence-electron chi connectivity index (χ3n) is 5.04. The number of aryl methyl sites for hydroxylation is 1. The molecule has 2 aliphatic heterocycles. The van der Waals surface area contributed by atoms with Crippen LogP contribution in [0.1, 0.15) is 31.2 Å². The minimum absolute atomic E-state index is 0.00225. The van der Waals surface area contributed by atoms with Crippen molar-refractivity contribution in [2.24, 2.45) is 0 Å². The Balaban J connectivity index is 1.76. The van der Waals surface area contributed by atoms with Crippen LogP contribution >= 0.6 is 0 Å². The van der Waals surface area contributed by atoms with E-state index in [-0.39, 0.29) is 11.0 Å². The molecule has 0 radical (unpaired) electrons. The third-order valence-corrected chi connectivity index (χ3v) is 6.77. The molecular weight excluding hydrogens is 382 g/mol. The molecule has 1 aromatic carbocycles. The van der Waals surface area contributed by atoms with E-state index in [4.69, 9.17) is 4.74 Å². The number of nitrogens with zero attached hydrogens (tertiary/aromatic N) is 2. The van der Waals surface area contributed by atoms with Crippen LogP contribution in [0.3, 0.4) is 0 Å². The molecule has 3 rings (SSSR count). The van der Waals surface area contributed by atoms with Gasteiger partial charge in [-0.2, -0.15) is 0 Å². The monoisotopic (exact) mass is 409 g/mol. The van der Waals surface area contributed by atoms with Crippen LogP contribution in [-0.2, 0) is 19.6 Å². The predicted molar refractivity (Wildman–Crippen MR) is 103 cm³/mol. The number of carbonyl (C=O) groups is 2. The van der Waals surface area contributed by atoms with Crippen molar-refractivity contribution in [2.75, 3.05) is 32.8 Å². The molecule has 0 saturated carbocycles. The summed E-state index contributed by atoms with van der Waals surface area (Å²) in [6.45, 7) is 3.28. The van der Waals surface area contributed by atoms with E-state index in [2.05, 4.69) is 5.32 Å². The highest BCUT2D eigenvalue weighted by atomic mass is 32.2. The number of amides is 3. The number of likely N-dealkylation sites (tertiary alicyclic amines) is 1. The molecule has 2 aliphatic rings. The molecule has 9 heteroatoms. The van der Waals surface area contributed by atoms with Gasteiger partial charge in [0.05, 0.1) is 11.0 Å². The molecule has 2 heterocycles.